The fourth-order valence-corrected chi connectivity index (χ4v) is 3.08. The van der Waals surface area contributed by atoms with E-state index in [1.54, 1.807) is 0 Å². The third kappa shape index (κ3) is 3.12. The highest BCUT2D eigenvalue weighted by Crippen LogP contribution is 2.43. The topological polar surface area (TPSA) is 34.1 Å². The number of ketones is 2. The van der Waals surface area contributed by atoms with Gasteiger partial charge in [-0.15, -0.1) is 0 Å². The predicted octanol–water partition coefficient (Wildman–Crippen LogP) is 4.19. The molecule has 2 rings (SSSR count). The van der Waals surface area contributed by atoms with E-state index in [1.807, 2.05) is 30.3 Å². The molecule has 0 unspecified atom stereocenters. The maximum Gasteiger partial charge on any atom is 0.163 e. The van der Waals surface area contributed by atoms with Gasteiger partial charge in [-0.05, 0) is 19.3 Å². The van der Waals surface area contributed by atoms with Gasteiger partial charge in [0.2, 0.25) is 0 Å². The molecule has 19 heavy (non-hydrogen) atoms. The summed E-state index contributed by atoms with van der Waals surface area (Å²) in [6.45, 7) is 2.13. The molecular weight excluding hydrogens is 236 g/mol. The number of benzene rings is 1. The first-order valence-electron chi connectivity index (χ1n) is 7.29. The quantitative estimate of drug-likeness (QED) is 0.717. The Balaban J connectivity index is 2.12. The van der Waals surface area contributed by atoms with Gasteiger partial charge in [-0.1, -0.05) is 50.1 Å². The largest absolute Gasteiger partial charge is 0.299 e. The van der Waals surface area contributed by atoms with E-state index in [4.69, 9.17) is 0 Å². The second kappa shape index (κ2) is 6.14. The highest BCUT2D eigenvalue weighted by atomic mass is 16.1. The van der Waals surface area contributed by atoms with Crippen LogP contribution in [0.25, 0.3) is 0 Å². The highest BCUT2D eigenvalue weighted by Gasteiger charge is 2.42. The molecule has 1 aliphatic rings. The summed E-state index contributed by atoms with van der Waals surface area (Å²) < 4.78 is 0. The monoisotopic (exact) mass is 258 g/mol. The minimum atomic E-state index is -0.358. The summed E-state index contributed by atoms with van der Waals surface area (Å²) in [7, 11) is 0. The lowest BCUT2D eigenvalue weighted by atomic mass is 9.75. The van der Waals surface area contributed by atoms with E-state index in [2.05, 4.69) is 6.92 Å². The molecule has 0 saturated heterocycles. The first kappa shape index (κ1) is 14.0. The maximum atomic E-state index is 12.4. The van der Waals surface area contributed by atoms with Crippen LogP contribution in [0.2, 0.25) is 0 Å². The molecule has 1 aliphatic carbocycles. The third-order valence-corrected chi connectivity index (χ3v) is 4.25. The first-order chi connectivity index (χ1) is 9.18. The Morgan fingerprint density at radius 3 is 2.58 bits per heavy atom. The van der Waals surface area contributed by atoms with Gasteiger partial charge in [-0.25, -0.2) is 0 Å². The summed E-state index contributed by atoms with van der Waals surface area (Å²) in [5, 5.41) is 0. The third-order valence-electron chi connectivity index (χ3n) is 4.25. The number of carbonyl (C=O) groups excluding carboxylic acids is 2. The van der Waals surface area contributed by atoms with Gasteiger partial charge < -0.3 is 0 Å². The number of hydrogen-bond acceptors (Lipinski definition) is 2. The lowest BCUT2D eigenvalue weighted by Gasteiger charge is -2.26. The summed E-state index contributed by atoms with van der Waals surface area (Å²) in [6, 6.07) is 9.35. The molecule has 1 aromatic carbocycles. The second-order valence-electron chi connectivity index (χ2n) is 5.63. The number of Topliss-reactive ketones (excluding diaryl/α,β-unsaturated/α-hetero) is 2. The van der Waals surface area contributed by atoms with Gasteiger partial charge in [0.25, 0.3) is 0 Å². The zero-order valence-corrected chi connectivity index (χ0v) is 11.7. The molecule has 2 heteroatoms. The van der Waals surface area contributed by atoms with Crippen molar-refractivity contribution in [1.29, 1.82) is 0 Å². The molecule has 0 radical (unpaired) electrons. The molecule has 1 saturated carbocycles. The van der Waals surface area contributed by atoms with Gasteiger partial charge in [0.1, 0.15) is 5.78 Å². The number of hydrogen-bond donors (Lipinski definition) is 0. The van der Waals surface area contributed by atoms with Crippen molar-refractivity contribution in [3.63, 3.8) is 0 Å². The molecule has 1 aromatic rings. The van der Waals surface area contributed by atoms with Crippen LogP contribution in [0.1, 0.15) is 62.2 Å². The molecule has 1 atom stereocenters. The van der Waals surface area contributed by atoms with E-state index in [0.717, 1.165) is 37.7 Å². The summed E-state index contributed by atoms with van der Waals surface area (Å²) in [5.74, 6) is 0.428. The van der Waals surface area contributed by atoms with Crippen LogP contribution in [0.5, 0.6) is 0 Å². The lowest BCUT2D eigenvalue weighted by molar-refractivity contribution is -0.126. The lowest BCUT2D eigenvalue weighted by Crippen LogP contribution is -2.29. The van der Waals surface area contributed by atoms with E-state index >= 15 is 0 Å². The van der Waals surface area contributed by atoms with Gasteiger partial charge in [0, 0.05) is 23.8 Å². The molecule has 1 fully saturated rings. The maximum absolute atomic E-state index is 12.4. The van der Waals surface area contributed by atoms with Gasteiger partial charge in [0.05, 0.1) is 0 Å². The second-order valence-corrected chi connectivity index (χ2v) is 5.63. The van der Waals surface area contributed by atoms with Crippen molar-refractivity contribution in [2.24, 2.45) is 5.41 Å². The van der Waals surface area contributed by atoms with Crippen molar-refractivity contribution in [3.8, 4) is 0 Å². The zero-order chi connectivity index (χ0) is 13.7. The van der Waals surface area contributed by atoms with Crippen molar-refractivity contribution in [2.45, 2.75) is 51.9 Å². The summed E-state index contributed by atoms with van der Waals surface area (Å²) in [4.78, 5) is 24.6. The number of unbranched alkanes of at least 4 members (excludes halogenated alkanes) is 1. The van der Waals surface area contributed by atoms with Gasteiger partial charge in [-0.2, -0.15) is 0 Å². The Morgan fingerprint density at radius 2 is 2.00 bits per heavy atom. The smallest absolute Gasteiger partial charge is 0.163 e. The minimum absolute atomic E-state index is 0.118. The molecule has 0 aliphatic heterocycles. The zero-order valence-electron chi connectivity index (χ0n) is 11.7. The van der Waals surface area contributed by atoms with Crippen molar-refractivity contribution in [1.82, 2.24) is 0 Å². The summed E-state index contributed by atoms with van der Waals surface area (Å²) in [5.41, 5.74) is 0.376. The normalized spacial score (nSPS) is 22.7. The summed E-state index contributed by atoms with van der Waals surface area (Å²) in [6.07, 6.45) is 5.89. The van der Waals surface area contributed by atoms with E-state index in [1.165, 1.54) is 0 Å². The molecule has 0 heterocycles. The summed E-state index contributed by atoms with van der Waals surface area (Å²) >= 11 is 0. The Hall–Kier alpha value is -1.44. The fourth-order valence-electron chi connectivity index (χ4n) is 3.08. The van der Waals surface area contributed by atoms with Crippen LogP contribution in [-0.2, 0) is 4.79 Å². The Bertz CT molecular complexity index is 450. The fraction of sp³-hybridized carbons (Fsp3) is 0.529. The Morgan fingerprint density at radius 1 is 1.26 bits per heavy atom. The van der Waals surface area contributed by atoms with Crippen LogP contribution >= 0.6 is 0 Å². The molecule has 2 nitrogen and oxygen atoms in total. The van der Waals surface area contributed by atoms with Gasteiger partial charge in [-0.3, -0.25) is 9.59 Å². The molecule has 0 spiro atoms. The van der Waals surface area contributed by atoms with E-state index in [-0.39, 0.29) is 11.2 Å². The van der Waals surface area contributed by atoms with Gasteiger partial charge >= 0.3 is 0 Å². The van der Waals surface area contributed by atoms with Crippen LogP contribution in [0.4, 0.5) is 0 Å². The van der Waals surface area contributed by atoms with Crippen LogP contribution in [0.3, 0.4) is 0 Å². The van der Waals surface area contributed by atoms with Crippen LogP contribution in [0.15, 0.2) is 30.3 Å². The Kier molecular flexibility index (Phi) is 4.52. The molecular formula is C17H22O2. The molecule has 0 amide bonds. The molecule has 0 N–H and O–H groups in total. The average molecular weight is 258 g/mol. The van der Waals surface area contributed by atoms with Crippen molar-refractivity contribution < 1.29 is 9.59 Å². The average Bonchev–Trinajstić information content (AvgIpc) is 2.79. The number of rotatable bonds is 6. The van der Waals surface area contributed by atoms with E-state index < -0.39 is 0 Å². The van der Waals surface area contributed by atoms with Crippen molar-refractivity contribution in [2.75, 3.05) is 0 Å². The molecule has 0 bridgehead atoms. The molecule has 102 valence electrons. The number of carbonyl (C=O) groups is 2. The SMILES string of the molecule is CCCC[C@@]1(CC(=O)c2ccccc2)CCCC1=O. The van der Waals surface area contributed by atoms with Crippen LogP contribution in [0, 0.1) is 5.41 Å². The first-order valence-corrected chi connectivity index (χ1v) is 7.29. The Labute approximate surface area is 115 Å². The van der Waals surface area contributed by atoms with Crippen molar-refractivity contribution in [3.05, 3.63) is 35.9 Å². The predicted molar refractivity (Wildman–Crippen MR) is 76.2 cm³/mol. The van der Waals surface area contributed by atoms with Crippen LogP contribution in [-0.4, -0.2) is 11.6 Å². The van der Waals surface area contributed by atoms with Crippen LogP contribution < -0.4 is 0 Å². The van der Waals surface area contributed by atoms with Gasteiger partial charge in [0.15, 0.2) is 5.78 Å². The van der Waals surface area contributed by atoms with Crippen molar-refractivity contribution >= 4 is 11.6 Å². The molecule has 0 aromatic heterocycles. The minimum Gasteiger partial charge on any atom is -0.299 e. The standard InChI is InChI=1S/C17H22O2/c1-2-3-11-17(12-7-10-16(17)19)13-15(18)14-8-5-4-6-9-14/h4-6,8-9H,2-3,7,10-13H2,1H3/t17-/m0/s1. The van der Waals surface area contributed by atoms with E-state index in [9.17, 15) is 9.59 Å². The van der Waals surface area contributed by atoms with E-state index in [0.29, 0.717) is 18.6 Å². The highest BCUT2D eigenvalue weighted by molar-refractivity contribution is 6.00.